The zero-order valence-corrected chi connectivity index (χ0v) is 16.0. The van der Waals surface area contributed by atoms with Crippen LogP contribution in [-0.2, 0) is 11.2 Å². The van der Waals surface area contributed by atoms with Gasteiger partial charge in [-0.1, -0.05) is 6.07 Å². The van der Waals surface area contributed by atoms with Gasteiger partial charge in [0.2, 0.25) is 12.7 Å². The number of carbonyl (C=O) groups is 1. The Kier molecular flexibility index (Phi) is 5.45. The molecule has 2 N–H and O–H groups in total. The Morgan fingerprint density at radius 2 is 1.93 bits per heavy atom. The Morgan fingerprint density at radius 3 is 2.79 bits per heavy atom. The molecule has 148 valence electrons. The molecule has 1 aromatic carbocycles. The molecule has 2 aliphatic rings. The summed E-state index contributed by atoms with van der Waals surface area (Å²) in [6, 6.07) is 7.55. The molecule has 0 unspecified atom stereocenters. The first kappa shape index (κ1) is 18.3. The van der Waals surface area contributed by atoms with Crippen LogP contribution in [-0.4, -0.2) is 48.8 Å². The number of rotatable bonds is 7. The van der Waals surface area contributed by atoms with Crippen molar-refractivity contribution in [1.29, 1.82) is 0 Å². The van der Waals surface area contributed by atoms with E-state index in [1.165, 1.54) is 12.8 Å². The fraction of sp³-hybridized carbons (Fsp3) is 0.450. The molecule has 28 heavy (non-hydrogen) atoms. The first-order chi connectivity index (χ1) is 13.7. The SMILES string of the molecule is Cc1nc(NCCNC(=O)Cc2ccc3c(c2)OCO3)cc(N2CCCC2)n1. The second-order valence-corrected chi connectivity index (χ2v) is 6.99. The lowest BCUT2D eigenvalue weighted by molar-refractivity contribution is -0.120. The Bertz CT molecular complexity index is 852. The van der Waals surface area contributed by atoms with Gasteiger partial charge < -0.3 is 25.0 Å². The summed E-state index contributed by atoms with van der Waals surface area (Å²) in [5.74, 6) is 3.90. The van der Waals surface area contributed by atoms with Gasteiger partial charge in [0.25, 0.3) is 0 Å². The first-order valence-electron chi connectivity index (χ1n) is 9.67. The quantitative estimate of drug-likeness (QED) is 0.706. The topological polar surface area (TPSA) is 88.6 Å². The Labute approximate surface area is 164 Å². The van der Waals surface area contributed by atoms with Gasteiger partial charge in [-0.25, -0.2) is 9.97 Å². The van der Waals surface area contributed by atoms with E-state index in [4.69, 9.17) is 9.47 Å². The van der Waals surface area contributed by atoms with Gasteiger partial charge in [0.1, 0.15) is 17.5 Å². The lowest BCUT2D eigenvalue weighted by Crippen LogP contribution is -2.30. The molecule has 8 heteroatoms. The predicted molar refractivity (Wildman–Crippen MR) is 106 cm³/mol. The van der Waals surface area contributed by atoms with Crippen molar-refractivity contribution >= 4 is 17.5 Å². The molecule has 3 heterocycles. The molecule has 2 aromatic rings. The number of nitrogens with zero attached hydrogens (tertiary/aromatic N) is 3. The molecule has 0 bridgehead atoms. The van der Waals surface area contributed by atoms with Crippen molar-refractivity contribution in [1.82, 2.24) is 15.3 Å². The number of nitrogens with one attached hydrogen (secondary N) is 2. The van der Waals surface area contributed by atoms with Crippen molar-refractivity contribution in [3.8, 4) is 11.5 Å². The fourth-order valence-electron chi connectivity index (χ4n) is 3.44. The summed E-state index contributed by atoms with van der Waals surface area (Å²) >= 11 is 0. The summed E-state index contributed by atoms with van der Waals surface area (Å²) in [4.78, 5) is 23.4. The van der Waals surface area contributed by atoms with E-state index >= 15 is 0 Å². The molecule has 1 aromatic heterocycles. The third-order valence-electron chi connectivity index (χ3n) is 4.81. The van der Waals surface area contributed by atoms with E-state index in [1.54, 1.807) is 0 Å². The minimum absolute atomic E-state index is 0.0303. The summed E-state index contributed by atoms with van der Waals surface area (Å²) in [5.41, 5.74) is 0.899. The minimum atomic E-state index is -0.0303. The van der Waals surface area contributed by atoms with Crippen LogP contribution >= 0.6 is 0 Å². The van der Waals surface area contributed by atoms with Crippen molar-refractivity contribution in [2.75, 3.05) is 43.2 Å². The largest absolute Gasteiger partial charge is 0.454 e. The van der Waals surface area contributed by atoms with Crippen LogP contribution in [0.15, 0.2) is 24.3 Å². The van der Waals surface area contributed by atoms with Crippen LogP contribution in [0.4, 0.5) is 11.6 Å². The molecule has 4 rings (SSSR count). The van der Waals surface area contributed by atoms with Crippen LogP contribution in [0.25, 0.3) is 0 Å². The van der Waals surface area contributed by atoms with Gasteiger partial charge in [0.05, 0.1) is 6.42 Å². The third-order valence-corrected chi connectivity index (χ3v) is 4.81. The number of benzene rings is 1. The van der Waals surface area contributed by atoms with Gasteiger partial charge in [-0.2, -0.15) is 0 Å². The Morgan fingerprint density at radius 1 is 1.11 bits per heavy atom. The highest BCUT2D eigenvalue weighted by molar-refractivity contribution is 5.78. The van der Waals surface area contributed by atoms with E-state index in [1.807, 2.05) is 31.2 Å². The van der Waals surface area contributed by atoms with E-state index in [0.717, 1.165) is 41.9 Å². The van der Waals surface area contributed by atoms with Crippen molar-refractivity contribution in [3.05, 3.63) is 35.7 Å². The van der Waals surface area contributed by atoms with Crippen LogP contribution < -0.4 is 25.0 Å². The number of carbonyl (C=O) groups excluding carboxylic acids is 1. The average molecular weight is 383 g/mol. The van der Waals surface area contributed by atoms with Crippen LogP contribution in [0.2, 0.25) is 0 Å². The number of hydrogen-bond acceptors (Lipinski definition) is 7. The number of amides is 1. The van der Waals surface area contributed by atoms with E-state index in [9.17, 15) is 4.79 Å². The second kappa shape index (κ2) is 8.33. The molecule has 1 amide bonds. The zero-order valence-electron chi connectivity index (χ0n) is 16.0. The number of anilines is 2. The van der Waals surface area contributed by atoms with Gasteiger partial charge in [-0.3, -0.25) is 4.79 Å². The lowest BCUT2D eigenvalue weighted by Gasteiger charge is -2.17. The second-order valence-electron chi connectivity index (χ2n) is 6.99. The Hall–Kier alpha value is -3.03. The molecule has 2 aliphatic heterocycles. The highest BCUT2D eigenvalue weighted by Gasteiger charge is 2.16. The number of aromatic nitrogens is 2. The summed E-state index contributed by atoms with van der Waals surface area (Å²) in [7, 11) is 0. The molecule has 0 atom stereocenters. The maximum absolute atomic E-state index is 12.2. The maximum atomic E-state index is 12.2. The highest BCUT2D eigenvalue weighted by Crippen LogP contribution is 2.32. The summed E-state index contributed by atoms with van der Waals surface area (Å²) in [5, 5.41) is 6.20. The molecule has 8 nitrogen and oxygen atoms in total. The van der Waals surface area contributed by atoms with Crippen LogP contribution in [0.3, 0.4) is 0 Å². The molecular weight excluding hydrogens is 358 g/mol. The summed E-state index contributed by atoms with van der Waals surface area (Å²) < 4.78 is 10.6. The normalized spacial score (nSPS) is 15.0. The number of hydrogen-bond donors (Lipinski definition) is 2. The maximum Gasteiger partial charge on any atom is 0.231 e. The number of aryl methyl sites for hydroxylation is 1. The van der Waals surface area contributed by atoms with Crippen LogP contribution in [0.5, 0.6) is 11.5 Å². The molecule has 0 saturated carbocycles. The summed E-state index contributed by atoms with van der Waals surface area (Å²) in [6.07, 6.45) is 2.73. The standard InChI is InChI=1S/C20H25N5O3/c1-14-23-18(12-19(24-14)25-8-2-3-9-25)21-6-7-22-20(26)11-15-4-5-16-17(10-15)28-13-27-16/h4-5,10,12H,2-3,6-9,11,13H2,1H3,(H,22,26)(H,21,23,24). The van der Waals surface area contributed by atoms with Gasteiger partial charge in [0.15, 0.2) is 11.5 Å². The highest BCUT2D eigenvalue weighted by atomic mass is 16.7. The van der Waals surface area contributed by atoms with Crippen LogP contribution in [0, 0.1) is 6.92 Å². The summed E-state index contributed by atoms with van der Waals surface area (Å²) in [6.45, 7) is 5.35. The van der Waals surface area contributed by atoms with Gasteiger partial charge >= 0.3 is 0 Å². The third kappa shape index (κ3) is 4.44. The molecule has 0 aliphatic carbocycles. The molecule has 1 fully saturated rings. The molecule has 1 saturated heterocycles. The van der Waals surface area contributed by atoms with E-state index < -0.39 is 0 Å². The predicted octanol–water partition coefficient (Wildman–Crippen LogP) is 1.88. The van der Waals surface area contributed by atoms with Gasteiger partial charge in [0, 0.05) is 32.2 Å². The monoisotopic (exact) mass is 383 g/mol. The lowest BCUT2D eigenvalue weighted by atomic mass is 10.1. The van der Waals surface area contributed by atoms with Crippen molar-refractivity contribution in [2.24, 2.45) is 0 Å². The first-order valence-corrected chi connectivity index (χ1v) is 9.67. The van der Waals surface area contributed by atoms with Crippen molar-refractivity contribution < 1.29 is 14.3 Å². The van der Waals surface area contributed by atoms with E-state index in [-0.39, 0.29) is 12.7 Å². The van der Waals surface area contributed by atoms with Gasteiger partial charge in [-0.15, -0.1) is 0 Å². The van der Waals surface area contributed by atoms with E-state index in [0.29, 0.717) is 25.3 Å². The number of fused-ring (bicyclic) bond motifs is 1. The average Bonchev–Trinajstić information content (AvgIpc) is 3.36. The molecule has 0 radical (unpaired) electrons. The van der Waals surface area contributed by atoms with Crippen molar-refractivity contribution in [3.63, 3.8) is 0 Å². The van der Waals surface area contributed by atoms with Crippen molar-refractivity contribution in [2.45, 2.75) is 26.2 Å². The Balaban J connectivity index is 1.23. The fourth-order valence-corrected chi connectivity index (χ4v) is 3.44. The van der Waals surface area contributed by atoms with Gasteiger partial charge in [-0.05, 0) is 37.5 Å². The molecular formula is C20H25N5O3. The minimum Gasteiger partial charge on any atom is -0.454 e. The molecule has 0 spiro atoms. The zero-order chi connectivity index (χ0) is 19.3. The smallest absolute Gasteiger partial charge is 0.231 e. The number of ether oxygens (including phenoxy) is 2. The van der Waals surface area contributed by atoms with Crippen LogP contribution in [0.1, 0.15) is 24.2 Å². The van der Waals surface area contributed by atoms with E-state index in [2.05, 4.69) is 25.5 Å².